The van der Waals surface area contributed by atoms with Crippen LogP contribution in [0.15, 0.2) is 58.5 Å². The Bertz CT molecular complexity index is 1300. The molecule has 0 saturated carbocycles. The fraction of sp³-hybridized carbons (Fsp3) is 0.292. The Balaban J connectivity index is 2.01. The number of primary sulfonamides is 1. The second kappa shape index (κ2) is 11.0. The number of aryl methyl sites for hydroxylation is 1. The lowest BCUT2D eigenvalue weighted by Gasteiger charge is -2.13. The van der Waals surface area contributed by atoms with Crippen LogP contribution in [0.3, 0.4) is 0 Å². The Morgan fingerprint density at radius 2 is 1.76 bits per heavy atom. The predicted molar refractivity (Wildman–Crippen MR) is 131 cm³/mol. The SMILES string of the molecule is CCCc1nc(SC)c(C(=O)C(=O)OCC)n1Cc1ccc(-c2ccccc2S(N)(=O)=O)cc1. The van der Waals surface area contributed by atoms with Crippen molar-refractivity contribution in [3.8, 4) is 11.1 Å². The van der Waals surface area contributed by atoms with Gasteiger partial charge in [-0.15, -0.1) is 11.8 Å². The van der Waals surface area contributed by atoms with Gasteiger partial charge in [0.2, 0.25) is 10.0 Å². The van der Waals surface area contributed by atoms with Crippen molar-refractivity contribution < 1.29 is 22.7 Å². The number of carbonyl (C=O) groups excluding carboxylic acids is 2. The minimum Gasteiger partial charge on any atom is -0.460 e. The number of ether oxygens (including phenoxy) is 1. The molecule has 0 aliphatic rings. The van der Waals surface area contributed by atoms with Crippen LogP contribution in [0.4, 0.5) is 0 Å². The molecule has 34 heavy (non-hydrogen) atoms. The molecule has 10 heteroatoms. The van der Waals surface area contributed by atoms with E-state index >= 15 is 0 Å². The summed E-state index contributed by atoms with van der Waals surface area (Å²) >= 11 is 1.30. The summed E-state index contributed by atoms with van der Waals surface area (Å²) in [6.07, 6.45) is 3.27. The molecule has 1 heterocycles. The highest BCUT2D eigenvalue weighted by molar-refractivity contribution is 7.98. The Morgan fingerprint density at radius 3 is 2.35 bits per heavy atom. The highest BCUT2D eigenvalue weighted by Gasteiger charge is 2.28. The van der Waals surface area contributed by atoms with E-state index in [0.717, 1.165) is 12.0 Å². The molecule has 2 aromatic carbocycles. The minimum atomic E-state index is -3.88. The monoisotopic (exact) mass is 501 g/mol. The number of thioether (sulfide) groups is 1. The summed E-state index contributed by atoms with van der Waals surface area (Å²) in [5.41, 5.74) is 2.28. The maximum atomic E-state index is 12.9. The molecule has 0 bridgehead atoms. The number of imidazole rings is 1. The zero-order valence-electron chi connectivity index (χ0n) is 19.3. The van der Waals surface area contributed by atoms with Gasteiger partial charge in [-0.25, -0.2) is 23.3 Å². The lowest BCUT2D eigenvalue weighted by atomic mass is 10.0. The summed E-state index contributed by atoms with van der Waals surface area (Å²) in [7, 11) is -3.88. The van der Waals surface area contributed by atoms with Crippen molar-refractivity contribution in [3.05, 3.63) is 65.6 Å². The van der Waals surface area contributed by atoms with Crippen LogP contribution in [0, 0.1) is 0 Å². The van der Waals surface area contributed by atoms with Gasteiger partial charge < -0.3 is 9.30 Å². The van der Waals surface area contributed by atoms with Crippen LogP contribution in [0.2, 0.25) is 0 Å². The lowest BCUT2D eigenvalue weighted by molar-refractivity contribution is -0.137. The zero-order valence-corrected chi connectivity index (χ0v) is 20.9. The third kappa shape index (κ3) is 5.57. The Kier molecular flexibility index (Phi) is 8.29. The first kappa shape index (κ1) is 25.7. The number of Topliss-reactive ketones (excluding diaryl/α,β-unsaturated/α-hetero) is 1. The maximum absolute atomic E-state index is 12.9. The second-order valence-corrected chi connectivity index (χ2v) is 9.83. The number of nitrogens with zero attached hydrogens (tertiary/aromatic N) is 2. The van der Waals surface area contributed by atoms with Crippen molar-refractivity contribution in [1.29, 1.82) is 0 Å². The Morgan fingerprint density at radius 1 is 1.09 bits per heavy atom. The fourth-order valence-corrected chi connectivity index (χ4v) is 4.99. The molecule has 0 amide bonds. The quantitative estimate of drug-likeness (QED) is 0.195. The van der Waals surface area contributed by atoms with Crippen molar-refractivity contribution in [2.75, 3.05) is 12.9 Å². The van der Waals surface area contributed by atoms with Gasteiger partial charge >= 0.3 is 5.97 Å². The minimum absolute atomic E-state index is 0.0505. The van der Waals surface area contributed by atoms with E-state index in [-0.39, 0.29) is 17.2 Å². The lowest BCUT2D eigenvalue weighted by Crippen LogP contribution is -2.22. The standard InChI is InChI=1S/C24H27N3O5S2/c1-4-8-20-26-23(33-3)21(22(28)24(29)32-5-2)27(20)15-16-11-13-17(14-12-16)18-9-6-7-10-19(18)34(25,30)31/h6-7,9-14H,4-5,8,15H2,1-3H3,(H2,25,30,31). The molecule has 0 unspecified atom stereocenters. The first-order valence-electron chi connectivity index (χ1n) is 10.8. The van der Waals surface area contributed by atoms with E-state index in [0.29, 0.717) is 34.9 Å². The van der Waals surface area contributed by atoms with Gasteiger partial charge in [-0.05, 0) is 36.8 Å². The molecule has 3 rings (SSSR count). The van der Waals surface area contributed by atoms with Crippen LogP contribution in [0.25, 0.3) is 11.1 Å². The summed E-state index contributed by atoms with van der Waals surface area (Å²) in [4.78, 5) is 29.8. The first-order chi connectivity index (χ1) is 16.2. The molecule has 8 nitrogen and oxygen atoms in total. The summed E-state index contributed by atoms with van der Waals surface area (Å²) in [6, 6.07) is 13.8. The highest BCUT2D eigenvalue weighted by atomic mass is 32.2. The van der Waals surface area contributed by atoms with Crippen molar-refractivity contribution >= 4 is 33.5 Å². The average Bonchev–Trinajstić information content (AvgIpc) is 3.16. The molecule has 0 saturated heterocycles. The number of aromatic nitrogens is 2. The number of rotatable bonds is 10. The van der Waals surface area contributed by atoms with Gasteiger partial charge in [0.25, 0.3) is 5.78 Å². The Hall–Kier alpha value is -2.95. The molecule has 1 aromatic heterocycles. The number of benzene rings is 2. The van der Waals surface area contributed by atoms with Crippen molar-refractivity contribution in [2.24, 2.45) is 5.14 Å². The summed E-state index contributed by atoms with van der Waals surface area (Å²) in [5, 5.41) is 5.86. The average molecular weight is 502 g/mol. The molecule has 0 aliphatic carbocycles. The second-order valence-electron chi connectivity index (χ2n) is 7.51. The van der Waals surface area contributed by atoms with E-state index in [2.05, 4.69) is 4.98 Å². The number of hydrogen-bond acceptors (Lipinski definition) is 7. The molecule has 2 N–H and O–H groups in total. The highest BCUT2D eigenvalue weighted by Crippen LogP contribution is 2.28. The number of esters is 1. The third-order valence-corrected chi connectivity index (χ3v) is 6.80. The molecule has 0 fully saturated rings. The molecule has 0 spiro atoms. The zero-order chi connectivity index (χ0) is 24.9. The van der Waals surface area contributed by atoms with Gasteiger partial charge in [-0.3, -0.25) is 4.79 Å². The molecule has 0 aliphatic heterocycles. The number of nitrogens with two attached hydrogens (primary N) is 1. The number of hydrogen-bond donors (Lipinski definition) is 1. The first-order valence-corrected chi connectivity index (χ1v) is 13.5. The molecular weight excluding hydrogens is 474 g/mol. The smallest absolute Gasteiger partial charge is 0.381 e. The van der Waals surface area contributed by atoms with E-state index in [1.807, 2.05) is 25.3 Å². The largest absolute Gasteiger partial charge is 0.460 e. The van der Waals surface area contributed by atoms with Gasteiger partial charge in [0.15, 0.2) is 0 Å². The number of sulfonamides is 1. The molecule has 0 radical (unpaired) electrons. The van der Waals surface area contributed by atoms with Crippen molar-refractivity contribution in [1.82, 2.24) is 9.55 Å². The maximum Gasteiger partial charge on any atom is 0.381 e. The van der Waals surface area contributed by atoms with Crippen LogP contribution in [-0.4, -0.2) is 42.6 Å². The van der Waals surface area contributed by atoms with E-state index in [1.165, 1.54) is 17.8 Å². The van der Waals surface area contributed by atoms with Crippen LogP contribution in [0.5, 0.6) is 0 Å². The number of carbonyl (C=O) groups is 2. The number of ketones is 1. The van der Waals surface area contributed by atoms with Gasteiger partial charge in [0, 0.05) is 18.5 Å². The van der Waals surface area contributed by atoms with Crippen molar-refractivity contribution in [3.63, 3.8) is 0 Å². The van der Waals surface area contributed by atoms with E-state index in [9.17, 15) is 18.0 Å². The van der Waals surface area contributed by atoms with Gasteiger partial charge in [-0.1, -0.05) is 49.4 Å². The molecular formula is C24H27N3O5S2. The van der Waals surface area contributed by atoms with Gasteiger partial charge in [0.05, 0.1) is 11.5 Å². The summed E-state index contributed by atoms with van der Waals surface area (Å²) in [6.45, 7) is 4.09. The van der Waals surface area contributed by atoms with Crippen LogP contribution in [-0.2, 0) is 32.5 Å². The third-order valence-electron chi connectivity index (χ3n) is 5.16. The fourth-order valence-electron chi connectivity index (χ4n) is 3.64. The molecule has 0 atom stereocenters. The molecule has 180 valence electrons. The van der Waals surface area contributed by atoms with Crippen LogP contribution >= 0.6 is 11.8 Å². The van der Waals surface area contributed by atoms with Gasteiger partial charge in [0.1, 0.15) is 16.5 Å². The van der Waals surface area contributed by atoms with E-state index < -0.39 is 21.8 Å². The van der Waals surface area contributed by atoms with Gasteiger partial charge in [-0.2, -0.15) is 0 Å². The summed E-state index contributed by atoms with van der Waals surface area (Å²) in [5.74, 6) is -0.917. The van der Waals surface area contributed by atoms with E-state index in [4.69, 9.17) is 9.88 Å². The predicted octanol–water partition coefficient (Wildman–Crippen LogP) is 3.67. The van der Waals surface area contributed by atoms with Crippen molar-refractivity contribution in [2.45, 2.75) is 43.2 Å². The topological polar surface area (TPSA) is 121 Å². The molecule has 3 aromatic rings. The van der Waals surface area contributed by atoms with Crippen LogP contribution < -0.4 is 5.14 Å². The Labute approximate surface area is 203 Å². The normalized spacial score (nSPS) is 11.4. The van der Waals surface area contributed by atoms with E-state index in [1.54, 1.807) is 41.8 Å². The summed E-state index contributed by atoms with van der Waals surface area (Å²) < 4.78 is 30.6. The van der Waals surface area contributed by atoms with Crippen LogP contribution in [0.1, 0.15) is 42.1 Å².